The lowest BCUT2D eigenvalue weighted by molar-refractivity contribution is 0.247. The normalized spacial score (nSPS) is 10.9. The molecule has 0 radical (unpaired) electrons. The summed E-state index contributed by atoms with van der Waals surface area (Å²) in [6, 6.07) is 4.47. The van der Waals surface area contributed by atoms with E-state index in [2.05, 4.69) is 20.6 Å². The molecule has 0 aliphatic heterocycles. The van der Waals surface area contributed by atoms with Crippen LogP contribution in [0.1, 0.15) is 0 Å². The van der Waals surface area contributed by atoms with E-state index in [1.807, 2.05) is 0 Å². The second-order valence-corrected chi connectivity index (χ2v) is 2.91. The fraction of sp³-hybridized carbons (Fsp3) is 0.125. The smallest absolute Gasteiger partial charge is 0.321 e. The van der Waals surface area contributed by atoms with Gasteiger partial charge < -0.3 is 11.1 Å². The molecule has 80 valence electrons. The number of amides is 2. The molecule has 0 atom stereocenters. The van der Waals surface area contributed by atoms with Crippen LogP contribution in [0.2, 0.25) is 5.15 Å². The zero-order chi connectivity index (χ0) is 11.3. The molecule has 4 N–H and O–H groups in total. The summed E-state index contributed by atoms with van der Waals surface area (Å²) < 4.78 is 0. The van der Waals surface area contributed by atoms with Crippen LogP contribution in [0.4, 0.5) is 10.6 Å². The molecule has 0 fully saturated rings. The fourth-order valence-corrected chi connectivity index (χ4v) is 0.949. The van der Waals surface area contributed by atoms with Gasteiger partial charge in [-0.2, -0.15) is 4.99 Å². The predicted octanol–water partition coefficient (Wildman–Crippen LogP) is 0.610. The third-order valence-corrected chi connectivity index (χ3v) is 1.61. The van der Waals surface area contributed by atoms with Crippen molar-refractivity contribution < 1.29 is 4.79 Å². The van der Waals surface area contributed by atoms with Gasteiger partial charge in [0.15, 0.2) is 5.82 Å². The zero-order valence-electron chi connectivity index (χ0n) is 7.99. The summed E-state index contributed by atoms with van der Waals surface area (Å²) in [5, 5.41) is 4.94. The van der Waals surface area contributed by atoms with Gasteiger partial charge in [-0.3, -0.25) is 5.32 Å². The number of halogens is 1. The summed E-state index contributed by atoms with van der Waals surface area (Å²) in [7, 11) is 1.47. The van der Waals surface area contributed by atoms with Crippen LogP contribution >= 0.6 is 11.6 Å². The number of aliphatic imine (C=N–C) groups is 1. The van der Waals surface area contributed by atoms with Gasteiger partial charge in [-0.25, -0.2) is 9.78 Å². The molecule has 6 nitrogen and oxygen atoms in total. The molecule has 15 heavy (non-hydrogen) atoms. The Morgan fingerprint density at radius 3 is 2.93 bits per heavy atom. The summed E-state index contributed by atoms with van der Waals surface area (Å²) in [6.45, 7) is 0. The Hall–Kier alpha value is -1.82. The summed E-state index contributed by atoms with van der Waals surface area (Å²) in [6.07, 6.45) is 0. The molecule has 7 heteroatoms. The largest absolute Gasteiger partial charge is 0.369 e. The second kappa shape index (κ2) is 5.16. The molecule has 0 spiro atoms. The highest BCUT2D eigenvalue weighted by Crippen LogP contribution is 2.11. The van der Waals surface area contributed by atoms with Gasteiger partial charge in [0.05, 0.1) is 0 Å². The Balaban J connectivity index is 2.74. The maximum absolute atomic E-state index is 10.8. The van der Waals surface area contributed by atoms with Gasteiger partial charge in [0, 0.05) is 7.05 Å². The van der Waals surface area contributed by atoms with E-state index >= 15 is 0 Å². The third kappa shape index (κ3) is 3.82. The minimum absolute atomic E-state index is 0.0517. The molecule has 0 saturated heterocycles. The van der Waals surface area contributed by atoms with Gasteiger partial charge in [-0.15, -0.1) is 0 Å². The van der Waals surface area contributed by atoms with Crippen molar-refractivity contribution in [3.63, 3.8) is 0 Å². The monoisotopic (exact) mass is 227 g/mol. The lowest BCUT2D eigenvalue weighted by Gasteiger charge is -2.02. The van der Waals surface area contributed by atoms with Crippen LogP contribution in [0.25, 0.3) is 0 Å². The molecule has 0 unspecified atom stereocenters. The number of carbonyl (C=O) groups excluding carboxylic acids is 1. The average Bonchev–Trinajstić information content (AvgIpc) is 2.17. The maximum Gasteiger partial charge on any atom is 0.321 e. The lowest BCUT2D eigenvalue weighted by Crippen LogP contribution is -2.41. The first-order valence-electron chi connectivity index (χ1n) is 4.07. The molecular weight excluding hydrogens is 218 g/mol. The van der Waals surface area contributed by atoms with Crippen LogP contribution in [0, 0.1) is 0 Å². The topological polar surface area (TPSA) is 92.4 Å². The molecule has 2 amide bonds. The van der Waals surface area contributed by atoms with E-state index in [4.69, 9.17) is 17.3 Å². The Morgan fingerprint density at radius 2 is 2.33 bits per heavy atom. The number of nitrogens with zero attached hydrogens (tertiary/aromatic N) is 2. The highest BCUT2D eigenvalue weighted by atomic mass is 35.5. The van der Waals surface area contributed by atoms with Crippen molar-refractivity contribution in [2.75, 3.05) is 7.05 Å². The third-order valence-electron chi connectivity index (χ3n) is 1.40. The standard InChI is InChI=1S/C8H10ClN5O/c1-11-8(15)14-7(10)13-6-4-2-3-5(9)12-6/h2-4H,1H3,(H4,10,11,12,13,14,15). The Labute approximate surface area is 91.5 Å². The van der Waals surface area contributed by atoms with Gasteiger partial charge in [0.1, 0.15) is 5.15 Å². The quantitative estimate of drug-likeness (QED) is 0.373. The van der Waals surface area contributed by atoms with Gasteiger partial charge in [0.25, 0.3) is 0 Å². The second-order valence-electron chi connectivity index (χ2n) is 2.52. The molecule has 1 aromatic rings. The summed E-state index contributed by atoms with van der Waals surface area (Å²) in [4.78, 5) is 18.6. The average molecular weight is 228 g/mol. The van der Waals surface area contributed by atoms with Crippen molar-refractivity contribution in [1.29, 1.82) is 0 Å². The Bertz CT molecular complexity index is 392. The van der Waals surface area contributed by atoms with Crippen molar-refractivity contribution in [2.24, 2.45) is 10.7 Å². The number of rotatable bonds is 1. The van der Waals surface area contributed by atoms with E-state index in [9.17, 15) is 4.79 Å². The lowest BCUT2D eigenvalue weighted by atomic mass is 10.5. The molecule has 0 aromatic carbocycles. The number of pyridine rings is 1. The maximum atomic E-state index is 10.8. The molecule has 0 aliphatic carbocycles. The Morgan fingerprint density at radius 1 is 1.60 bits per heavy atom. The van der Waals surface area contributed by atoms with Crippen LogP contribution in [0.15, 0.2) is 23.2 Å². The van der Waals surface area contributed by atoms with Crippen LogP contribution in [0.3, 0.4) is 0 Å². The highest BCUT2D eigenvalue weighted by Gasteiger charge is 1.99. The fourth-order valence-electron chi connectivity index (χ4n) is 0.790. The number of guanidine groups is 1. The van der Waals surface area contributed by atoms with E-state index in [0.29, 0.717) is 11.0 Å². The first kappa shape index (κ1) is 11.3. The van der Waals surface area contributed by atoms with E-state index in [-0.39, 0.29) is 5.96 Å². The predicted molar refractivity (Wildman–Crippen MR) is 58.1 cm³/mol. The number of urea groups is 1. The summed E-state index contributed by atoms with van der Waals surface area (Å²) >= 11 is 5.64. The molecule has 1 heterocycles. The van der Waals surface area contributed by atoms with Crippen molar-refractivity contribution in [2.45, 2.75) is 0 Å². The molecule has 1 rings (SSSR count). The van der Waals surface area contributed by atoms with Crippen molar-refractivity contribution in [1.82, 2.24) is 15.6 Å². The summed E-state index contributed by atoms with van der Waals surface area (Å²) in [5.41, 5.74) is 5.43. The van der Waals surface area contributed by atoms with E-state index in [1.54, 1.807) is 18.2 Å². The van der Waals surface area contributed by atoms with Crippen LogP contribution < -0.4 is 16.4 Å². The van der Waals surface area contributed by atoms with Crippen molar-refractivity contribution in [3.8, 4) is 0 Å². The number of aromatic nitrogens is 1. The molecule has 0 bridgehead atoms. The van der Waals surface area contributed by atoms with E-state index in [1.165, 1.54) is 7.05 Å². The van der Waals surface area contributed by atoms with E-state index < -0.39 is 6.03 Å². The molecule has 0 aliphatic rings. The number of nitrogens with one attached hydrogen (secondary N) is 2. The minimum atomic E-state index is -0.446. The SMILES string of the molecule is CNC(=O)NC(N)=Nc1cccc(Cl)n1. The zero-order valence-corrected chi connectivity index (χ0v) is 8.75. The molecule has 1 aromatic heterocycles. The highest BCUT2D eigenvalue weighted by molar-refractivity contribution is 6.29. The molecule has 0 saturated carbocycles. The number of hydrogen-bond acceptors (Lipinski definition) is 3. The number of carbonyl (C=O) groups is 1. The van der Waals surface area contributed by atoms with Crippen LogP contribution in [0.5, 0.6) is 0 Å². The van der Waals surface area contributed by atoms with Gasteiger partial charge >= 0.3 is 6.03 Å². The van der Waals surface area contributed by atoms with Crippen LogP contribution in [-0.4, -0.2) is 24.0 Å². The van der Waals surface area contributed by atoms with Crippen LogP contribution in [-0.2, 0) is 0 Å². The number of hydrogen-bond donors (Lipinski definition) is 3. The van der Waals surface area contributed by atoms with Gasteiger partial charge in [-0.05, 0) is 12.1 Å². The summed E-state index contributed by atoms with van der Waals surface area (Å²) in [5.74, 6) is 0.278. The van der Waals surface area contributed by atoms with E-state index in [0.717, 1.165) is 0 Å². The number of nitrogens with two attached hydrogens (primary N) is 1. The Kier molecular flexibility index (Phi) is 3.87. The van der Waals surface area contributed by atoms with Gasteiger partial charge in [0.2, 0.25) is 5.96 Å². The van der Waals surface area contributed by atoms with Gasteiger partial charge in [-0.1, -0.05) is 17.7 Å². The van der Waals surface area contributed by atoms with Crippen molar-refractivity contribution in [3.05, 3.63) is 23.4 Å². The van der Waals surface area contributed by atoms with Crippen molar-refractivity contribution >= 4 is 29.4 Å². The first-order valence-corrected chi connectivity index (χ1v) is 4.45. The molecular formula is C8H10ClN5O. The first-order chi connectivity index (χ1) is 7.11. The minimum Gasteiger partial charge on any atom is -0.369 e.